The Kier molecular flexibility index (Phi) is 7.10. The van der Waals surface area contributed by atoms with Crippen LogP contribution in [0.4, 0.5) is 14.6 Å². The van der Waals surface area contributed by atoms with Crippen LogP contribution < -0.4 is 14.8 Å². The lowest BCUT2D eigenvalue weighted by Gasteiger charge is -2.10. The molecule has 9 nitrogen and oxygen atoms in total. The largest absolute Gasteiger partial charge is 0.494 e. The highest BCUT2D eigenvalue weighted by Gasteiger charge is 2.21. The van der Waals surface area contributed by atoms with Gasteiger partial charge in [0, 0.05) is 31.3 Å². The van der Waals surface area contributed by atoms with Crippen molar-refractivity contribution in [3.8, 4) is 22.1 Å². The second-order valence-corrected chi connectivity index (χ2v) is 8.38. The molecule has 0 spiro atoms. The molecule has 0 saturated carbocycles. The third-order valence-electron chi connectivity index (χ3n) is 5.22. The molecule has 4 rings (SSSR count). The first-order valence-electron chi connectivity index (χ1n) is 10.7. The Morgan fingerprint density at radius 1 is 1.17 bits per heavy atom. The van der Waals surface area contributed by atoms with E-state index in [1.54, 1.807) is 23.6 Å². The van der Waals surface area contributed by atoms with Crippen LogP contribution >= 0.6 is 11.3 Å². The van der Waals surface area contributed by atoms with Crippen molar-refractivity contribution in [3.63, 3.8) is 0 Å². The van der Waals surface area contributed by atoms with Crippen molar-refractivity contribution in [3.05, 3.63) is 46.9 Å². The number of carbonyl (C=O) groups excluding carboxylic acids is 1. The van der Waals surface area contributed by atoms with Gasteiger partial charge in [0.05, 0.1) is 31.4 Å². The Morgan fingerprint density at radius 2 is 1.97 bits per heavy atom. The maximum Gasteiger partial charge on any atom is 0.351 e. The van der Waals surface area contributed by atoms with Crippen LogP contribution in [0.25, 0.3) is 21.6 Å². The lowest BCUT2D eigenvalue weighted by Crippen LogP contribution is -2.13. The summed E-state index contributed by atoms with van der Waals surface area (Å²) in [7, 11) is 2.69. The van der Waals surface area contributed by atoms with Gasteiger partial charge >= 0.3 is 5.97 Å². The number of ether oxygens (including phenoxy) is 3. The molecule has 0 fully saturated rings. The third kappa shape index (κ3) is 4.74. The van der Waals surface area contributed by atoms with E-state index in [9.17, 15) is 13.6 Å². The zero-order valence-corrected chi connectivity index (χ0v) is 20.3. The second-order valence-electron chi connectivity index (χ2n) is 7.33. The summed E-state index contributed by atoms with van der Waals surface area (Å²) in [6.07, 6.45) is 1.40. The van der Waals surface area contributed by atoms with E-state index in [2.05, 4.69) is 20.3 Å². The number of methoxy groups -OCH3 is 2. The Balaban J connectivity index is 1.54. The predicted molar refractivity (Wildman–Crippen MR) is 127 cm³/mol. The minimum absolute atomic E-state index is 0.0434. The van der Waals surface area contributed by atoms with Crippen LogP contribution in [0.15, 0.2) is 24.5 Å². The molecule has 4 aromatic rings. The molecule has 0 unspecified atom stereocenters. The van der Waals surface area contributed by atoms with Gasteiger partial charge in [-0.2, -0.15) is 0 Å². The SMILES string of the molecule is CCOc1cc(-c2cc(NCCn3c(C)nc4c(OC)cc(F)c(F)c43)ncn2)sc1C(=O)OC. The van der Waals surface area contributed by atoms with Crippen molar-refractivity contribution in [2.75, 3.05) is 32.7 Å². The number of fused-ring (bicyclic) bond motifs is 1. The summed E-state index contributed by atoms with van der Waals surface area (Å²) in [4.78, 5) is 26.0. The van der Waals surface area contributed by atoms with Gasteiger partial charge < -0.3 is 24.1 Å². The first-order chi connectivity index (χ1) is 16.9. The lowest BCUT2D eigenvalue weighted by atomic mass is 10.2. The molecule has 0 bridgehead atoms. The van der Waals surface area contributed by atoms with Crippen molar-refractivity contribution in [1.29, 1.82) is 0 Å². The summed E-state index contributed by atoms with van der Waals surface area (Å²) >= 11 is 1.21. The van der Waals surface area contributed by atoms with Gasteiger partial charge in [0.2, 0.25) is 0 Å². The lowest BCUT2D eigenvalue weighted by molar-refractivity contribution is 0.0602. The number of imidazole rings is 1. The summed E-state index contributed by atoms with van der Waals surface area (Å²) in [6.45, 7) is 4.58. The second kappa shape index (κ2) is 10.2. The number of thiophene rings is 1. The molecule has 35 heavy (non-hydrogen) atoms. The smallest absolute Gasteiger partial charge is 0.351 e. The van der Waals surface area contributed by atoms with E-state index in [0.717, 1.165) is 6.07 Å². The average Bonchev–Trinajstić information content (AvgIpc) is 3.43. The molecule has 12 heteroatoms. The third-order valence-corrected chi connectivity index (χ3v) is 6.34. The highest BCUT2D eigenvalue weighted by molar-refractivity contribution is 7.17. The van der Waals surface area contributed by atoms with Crippen LogP contribution in [0.3, 0.4) is 0 Å². The van der Waals surface area contributed by atoms with E-state index < -0.39 is 17.6 Å². The van der Waals surface area contributed by atoms with Crippen LogP contribution in [-0.4, -0.2) is 52.9 Å². The monoisotopic (exact) mass is 503 g/mol. The molecule has 0 amide bonds. The number of hydrogen-bond acceptors (Lipinski definition) is 9. The van der Waals surface area contributed by atoms with Crippen LogP contribution in [0, 0.1) is 18.6 Å². The zero-order chi connectivity index (χ0) is 25.1. The Bertz CT molecular complexity index is 1390. The van der Waals surface area contributed by atoms with Crippen molar-refractivity contribution in [2.45, 2.75) is 20.4 Å². The van der Waals surface area contributed by atoms with Crippen LogP contribution in [0.1, 0.15) is 22.4 Å². The number of carbonyl (C=O) groups is 1. The standard InChI is InChI=1S/C23H23F2N5O4S/c1-5-34-16-10-17(35-22(16)23(31)33-4)14-9-18(28-11-27-14)26-6-7-30-12(2)29-20-15(32-3)8-13(24)19(25)21(20)30/h8-11H,5-7H2,1-4H3,(H,26,27,28). The minimum Gasteiger partial charge on any atom is -0.494 e. The number of halogens is 2. The molecule has 1 N–H and O–H groups in total. The fourth-order valence-corrected chi connectivity index (χ4v) is 4.62. The van der Waals surface area contributed by atoms with E-state index in [1.807, 2.05) is 6.92 Å². The number of hydrogen-bond donors (Lipinski definition) is 1. The number of nitrogens with one attached hydrogen (secondary N) is 1. The van der Waals surface area contributed by atoms with Crippen molar-refractivity contribution in [1.82, 2.24) is 19.5 Å². The Hall–Kier alpha value is -3.80. The molecular weight excluding hydrogens is 480 g/mol. The minimum atomic E-state index is -1.00. The van der Waals surface area contributed by atoms with Crippen molar-refractivity contribution in [2.24, 2.45) is 0 Å². The number of anilines is 1. The molecule has 0 aliphatic heterocycles. The molecule has 0 radical (unpaired) electrons. The molecule has 184 valence electrons. The Morgan fingerprint density at radius 3 is 2.69 bits per heavy atom. The molecule has 0 aliphatic rings. The molecule has 0 atom stereocenters. The van der Waals surface area contributed by atoms with Gasteiger partial charge in [0.25, 0.3) is 0 Å². The topological polar surface area (TPSA) is 100 Å². The van der Waals surface area contributed by atoms with E-state index in [1.165, 1.54) is 31.9 Å². The maximum atomic E-state index is 14.6. The quantitative estimate of drug-likeness (QED) is 0.335. The van der Waals surface area contributed by atoms with Gasteiger partial charge in [-0.15, -0.1) is 11.3 Å². The summed E-state index contributed by atoms with van der Waals surface area (Å²) in [5.74, 6) is -0.826. The summed E-state index contributed by atoms with van der Waals surface area (Å²) in [6, 6.07) is 4.45. The van der Waals surface area contributed by atoms with Gasteiger partial charge in [0.15, 0.2) is 16.5 Å². The van der Waals surface area contributed by atoms with Gasteiger partial charge in [-0.25, -0.2) is 28.5 Å². The predicted octanol–water partition coefficient (Wildman–Crippen LogP) is 4.45. The van der Waals surface area contributed by atoms with Crippen LogP contribution in [0.5, 0.6) is 11.5 Å². The fourth-order valence-electron chi connectivity index (χ4n) is 3.63. The summed E-state index contributed by atoms with van der Waals surface area (Å²) < 4.78 is 45.8. The first kappa shape index (κ1) is 24.3. The average molecular weight is 504 g/mol. The van der Waals surface area contributed by atoms with Gasteiger partial charge in [-0.1, -0.05) is 0 Å². The number of benzene rings is 1. The number of aromatic nitrogens is 4. The number of nitrogens with zero attached hydrogens (tertiary/aromatic N) is 4. The fraction of sp³-hybridized carbons (Fsp3) is 0.304. The highest BCUT2D eigenvalue weighted by atomic mass is 32.1. The normalized spacial score (nSPS) is 11.0. The van der Waals surface area contributed by atoms with Crippen LogP contribution in [-0.2, 0) is 11.3 Å². The van der Waals surface area contributed by atoms with E-state index in [4.69, 9.17) is 14.2 Å². The number of esters is 1. The first-order valence-corrected chi connectivity index (χ1v) is 11.5. The van der Waals surface area contributed by atoms with Crippen molar-refractivity contribution >= 4 is 34.2 Å². The van der Waals surface area contributed by atoms with E-state index in [-0.39, 0.29) is 16.8 Å². The molecular formula is C23H23F2N5O4S. The van der Waals surface area contributed by atoms with Crippen molar-refractivity contribution < 1.29 is 27.8 Å². The highest BCUT2D eigenvalue weighted by Crippen LogP contribution is 2.36. The maximum absolute atomic E-state index is 14.6. The molecule has 3 heterocycles. The number of rotatable bonds is 9. The molecule has 3 aromatic heterocycles. The zero-order valence-electron chi connectivity index (χ0n) is 19.5. The summed E-state index contributed by atoms with van der Waals surface area (Å²) in [5, 5.41) is 3.16. The molecule has 0 aliphatic carbocycles. The molecule has 1 aromatic carbocycles. The number of aryl methyl sites for hydroxylation is 1. The van der Waals surface area contributed by atoms with Crippen LogP contribution in [0.2, 0.25) is 0 Å². The Labute approximate surface area is 203 Å². The summed E-state index contributed by atoms with van der Waals surface area (Å²) in [5.41, 5.74) is 0.894. The van der Waals surface area contributed by atoms with E-state index in [0.29, 0.717) is 52.5 Å². The van der Waals surface area contributed by atoms with Gasteiger partial charge in [-0.05, 0) is 13.8 Å². The van der Waals surface area contributed by atoms with Gasteiger partial charge in [-0.3, -0.25) is 0 Å². The van der Waals surface area contributed by atoms with Gasteiger partial charge in [0.1, 0.15) is 40.5 Å². The molecule has 0 saturated heterocycles. The van der Waals surface area contributed by atoms with E-state index >= 15 is 0 Å².